The molecule has 28 heavy (non-hydrogen) atoms. The minimum atomic E-state index is -0.314. The van der Waals surface area contributed by atoms with Gasteiger partial charge < -0.3 is 10.2 Å². The van der Waals surface area contributed by atoms with Gasteiger partial charge in [0.2, 0.25) is 0 Å². The summed E-state index contributed by atoms with van der Waals surface area (Å²) >= 11 is 0. The molecule has 2 aliphatic heterocycles. The fraction of sp³-hybridized carbons (Fsp3) is 0.400. The van der Waals surface area contributed by atoms with Gasteiger partial charge in [0.1, 0.15) is 5.82 Å². The number of pyridine rings is 1. The Morgan fingerprint density at radius 1 is 1.21 bits per heavy atom. The predicted octanol–water partition coefficient (Wildman–Crippen LogP) is 2.24. The van der Waals surface area contributed by atoms with Crippen LogP contribution in [0.25, 0.3) is 0 Å². The van der Waals surface area contributed by atoms with E-state index in [9.17, 15) is 9.18 Å². The van der Waals surface area contributed by atoms with Crippen molar-refractivity contribution in [3.8, 4) is 0 Å². The Kier molecular flexibility index (Phi) is 5.52. The van der Waals surface area contributed by atoms with E-state index in [0.29, 0.717) is 24.3 Å². The lowest BCUT2D eigenvalue weighted by atomic mass is 10.1. The molecule has 2 saturated heterocycles. The molecule has 0 aliphatic carbocycles. The van der Waals surface area contributed by atoms with E-state index in [1.54, 1.807) is 30.2 Å². The van der Waals surface area contributed by atoms with Crippen LogP contribution in [-0.2, 0) is 0 Å². The van der Waals surface area contributed by atoms with Gasteiger partial charge in [0.25, 0.3) is 0 Å². The molecule has 2 fully saturated rings. The van der Waals surface area contributed by atoms with Gasteiger partial charge in [0, 0.05) is 44.3 Å². The number of benzene rings is 1. The molecule has 2 atom stereocenters. The summed E-state index contributed by atoms with van der Waals surface area (Å²) in [4.78, 5) is 20.8. The van der Waals surface area contributed by atoms with Crippen molar-refractivity contribution in [2.75, 3.05) is 31.5 Å². The minimum absolute atomic E-state index is 0.186. The predicted molar refractivity (Wildman–Crippen MR) is 105 cm³/mol. The van der Waals surface area contributed by atoms with Crippen molar-refractivity contribution in [3.05, 3.63) is 59.7 Å². The number of urea groups is 1. The van der Waals surface area contributed by atoms with Gasteiger partial charge in [0.05, 0.1) is 12.2 Å². The number of carbonyl (C=O) groups excluding carboxylic acids is 1. The van der Waals surface area contributed by atoms with Crippen LogP contribution in [0.4, 0.5) is 14.9 Å². The number of hydrogen-bond donors (Lipinski definition) is 3. The van der Waals surface area contributed by atoms with E-state index in [-0.39, 0.29) is 24.1 Å². The third-order valence-corrected chi connectivity index (χ3v) is 5.44. The van der Waals surface area contributed by atoms with E-state index in [1.165, 1.54) is 11.6 Å². The molecule has 7 nitrogen and oxygen atoms in total. The van der Waals surface area contributed by atoms with Gasteiger partial charge in [-0.2, -0.15) is 0 Å². The van der Waals surface area contributed by atoms with Crippen LogP contribution < -0.4 is 16.2 Å². The zero-order chi connectivity index (χ0) is 19.5. The zero-order valence-electron chi connectivity index (χ0n) is 15.9. The Morgan fingerprint density at radius 2 is 2.04 bits per heavy atom. The lowest BCUT2D eigenvalue weighted by Gasteiger charge is -2.37. The highest BCUT2D eigenvalue weighted by atomic mass is 19.1. The van der Waals surface area contributed by atoms with Gasteiger partial charge >= 0.3 is 6.03 Å². The first-order valence-electron chi connectivity index (χ1n) is 9.57. The van der Waals surface area contributed by atoms with Crippen molar-refractivity contribution >= 4 is 11.7 Å². The van der Waals surface area contributed by atoms with Gasteiger partial charge in [0.15, 0.2) is 0 Å². The maximum absolute atomic E-state index is 13.7. The average molecular weight is 384 g/mol. The number of piperazine rings is 1. The fourth-order valence-corrected chi connectivity index (χ4v) is 3.69. The molecule has 0 saturated carbocycles. The van der Waals surface area contributed by atoms with Crippen molar-refractivity contribution < 1.29 is 9.18 Å². The van der Waals surface area contributed by atoms with E-state index >= 15 is 0 Å². The van der Waals surface area contributed by atoms with Crippen LogP contribution in [0.3, 0.4) is 0 Å². The van der Waals surface area contributed by atoms with E-state index in [0.717, 1.165) is 19.5 Å². The molecule has 0 radical (unpaired) electrons. The Hall–Kier alpha value is -2.55. The molecule has 0 spiro atoms. The van der Waals surface area contributed by atoms with Crippen molar-refractivity contribution in [1.82, 2.24) is 25.6 Å². The summed E-state index contributed by atoms with van der Waals surface area (Å²) in [6.07, 6.45) is 4.83. The number of nitrogens with zero attached hydrogens (tertiary/aromatic N) is 3. The number of carbonyl (C=O) groups is 1. The summed E-state index contributed by atoms with van der Waals surface area (Å²) in [5.41, 5.74) is 8.91. The molecule has 148 valence electrons. The van der Waals surface area contributed by atoms with Crippen molar-refractivity contribution in [2.45, 2.75) is 25.6 Å². The largest absolute Gasteiger partial charge is 0.322 e. The van der Waals surface area contributed by atoms with E-state index in [1.807, 2.05) is 12.3 Å². The highest BCUT2D eigenvalue weighted by molar-refractivity contribution is 5.89. The third-order valence-electron chi connectivity index (χ3n) is 5.44. The topological polar surface area (TPSA) is 72.5 Å². The summed E-state index contributed by atoms with van der Waals surface area (Å²) in [6.45, 7) is 4.54. The molecular weight excluding hydrogens is 359 g/mol. The lowest BCUT2D eigenvalue weighted by molar-refractivity contribution is 0.103. The number of aryl methyl sites for hydroxylation is 1. The summed E-state index contributed by atoms with van der Waals surface area (Å²) in [5, 5.41) is 2.79. The Balaban J connectivity index is 1.27. The molecule has 2 aliphatic rings. The van der Waals surface area contributed by atoms with Gasteiger partial charge in [-0.15, -0.1) is 0 Å². The first-order chi connectivity index (χ1) is 13.6. The molecule has 8 heteroatoms. The molecule has 2 unspecified atom stereocenters. The van der Waals surface area contributed by atoms with Crippen LogP contribution in [0, 0.1) is 12.7 Å². The summed E-state index contributed by atoms with van der Waals surface area (Å²) in [6, 6.07) is 8.81. The second-order valence-corrected chi connectivity index (χ2v) is 7.30. The normalized spacial score (nSPS) is 23.0. The molecule has 2 amide bonds. The SMILES string of the molecule is Cc1ccc(NC(=O)N2CCN(C3CC(c4cccnc4)NN3)CC2)cc1F. The van der Waals surface area contributed by atoms with Crippen LogP contribution >= 0.6 is 0 Å². The molecule has 1 aromatic heterocycles. The molecule has 2 aromatic rings. The number of nitrogens with one attached hydrogen (secondary N) is 3. The zero-order valence-corrected chi connectivity index (χ0v) is 15.9. The van der Waals surface area contributed by atoms with Crippen LogP contribution in [0.2, 0.25) is 0 Å². The van der Waals surface area contributed by atoms with Crippen LogP contribution in [0.1, 0.15) is 23.6 Å². The highest BCUT2D eigenvalue weighted by Gasteiger charge is 2.32. The standard InChI is InChI=1S/C20H25FN6O/c1-14-4-5-16(11-17(14)21)23-20(28)27-9-7-26(8-10-27)19-12-18(24-25-19)15-3-2-6-22-13-15/h2-6,11,13,18-19,24-25H,7-10,12H2,1H3,(H,23,28). The van der Waals surface area contributed by atoms with Crippen molar-refractivity contribution in [1.29, 1.82) is 0 Å². The highest BCUT2D eigenvalue weighted by Crippen LogP contribution is 2.24. The summed E-state index contributed by atoms with van der Waals surface area (Å²) < 4.78 is 13.7. The average Bonchev–Trinajstić information content (AvgIpc) is 3.22. The number of hydrazine groups is 1. The van der Waals surface area contributed by atoms with Gasteiger partial charge in [-0.25, -0.2) is 20.0 Å². The number of aromatic nitrogens is 1. The first-order valence-corrected chi connectivity index (χ1v) is 9.57. The second kappa shape index (κ2) is 8.22. The maximum Gasteiger partial charge on any atom is 0.321 e. The van der Waals surface area contributed by atoms with Crippen LogP contribution in [-0.4, -0.2) is 53.2 Å². The minimum Gasteiger partial charge on any atom is -0.322 e. The van der Waals surface area contributed by atoms with E-state index in [2.05, 4.69) is 32.1 Å². The van der Waals surface area contributed by atoms with Crippen LogP contribution in [0.15, 0.2) is 42.7 Å². The molecule has 1 aromatic carbocycles. The monoisotopic (exact) mass is 384 g/mol. The number of rotatable bonds is 3. The quantitative estimate of drug-likeness (QED) is 0.757. The molecule has 3 heterocycles. The molecule has 0 bridgehead atoms. The second-order valence-electron chi connectivity index (χ2n) is 7.30. The number of amides is 2. The van der Waals surface area contributed by atoms with Gasteiger partial charge in [-0.05, 0) is 42.7 Å². The van der Waals surface area contributed by atoms with E-state index < -0.39 is 0 Å². The fourth-order valence-electron chi connectivity index (χ4n) is 3.69. The Bertz CT molecular complexity index is 825. The smallest absolute Gasteiger partial charge is 0.321 e. The Morgan fingerprint density at radius 3 is 2.75 bits per heavy atom. The first kappa shape index (κ1) is 18.8. The molecule has 4 rings (SSSR count). The lowest BCUT2D eigenvalue weighted by Crippen LogP contribution is -2.55. The Labute approximate surface area is 163 Å². The van der Waals surface area contributed by atoms with Gasteiger partial charge in [-0.1, -0.05) is 12.1 Å². The number of halogens is 1. The number of hydrogen-bond acceptors (Lipinski definition) is 5. The van der Waals surface area contributed by atoms with Crippen molar-refractivity contribution in [3.63, 3.8) is 0 Å². The summed E-state index contributed by atoms with van der Waals surface area (Å²) in [5.74, 6) is -0.314. The summed E-state index contributed by atoms with van der Waals surface area (Å²) in [7, 11) is 0. The third kappa shape index (κ3) is 4.14. The molecular formula is C20H25FN6O. The van der Waals surface area contributed by atoms with Crippen molar-refractivity contribution in [2.24, 2.45) is 0 Å². The van der Waals surface area contributed by atoms with E-state index in [4.69, 9.17) is 0 Å². The number of anilines is 1. The maximum atomic E-state index is 13.7. The van der Waals surface area contributed by atoms with Gasteiger partial charge in [-0.3, -0.25) is 9.88 Å². The molecule has 3 N–H and O–H groups in total. The van der Waals surface area contributed by atoms with Crippen LogP contribution in [0.5, 0.6) is 0 Å².